The van der Waals surface area contributed by atoms with Crippen LogP contribution in [0, 0.1) is 5.92 Å². The van der Waals surface area contributed by atoms with Gasteiger partial charge in [0.1, 0.15) is 5.82 Å². The highest BCUT2D eigenvalue weighted by atomic mass is 16.3. The maximum atomic E-state index is 9.79. The van der Waals surface area contributed by atoms with Gasteiger partial charge in [0.2, 0.25) is 0 Å². The lowest BCUT2D eigenvalue weighted by atomic mass is 9.96. The molecule has 0 saturated carbocycles. The summed E-state index contributed by atoms with van der Waals surface area (Å²) in [6.45, 7) is 7.80. The molecule has 1 aromatic heterocycles. The van der Waals surface area contributed by atoms with E-state index in [0.717, 1.165) is 38.4 Å². The minimum Gasteiger partial charge on any atom is -0.393 e. The molecule has 0 aromatic carbocycles. The number of anilines is 1. The Balaban J connectivity index is 2.12. The summed E-state index contributed by atoms with van der Waals surface area (Å²) < 4.78 is 0. The van der Waals surface area contributed by atoms with E-state index in [4.69, 9.17) is 0 Å². The lowest BCUT2D eigenvalue weighted by Crippen LogP contribution is -2.42. The maximum Gasteiger partial charge on any atom is 0.133 e. The molecular weight excluding hydrogens is 226 g/mol. The molecule has 2 unspecified atom stereocenters. The Kier molecular flexibility index (Phi) is 4.55. The Morgan fingerprint density at radius 1 is 1.56 bits per heavy atom. The first-order chi connectivity index (χ1) is 8.72. The van der Waals surface area contributed by atoms with E-state index < -0.39 is 0 Å². The van der Waals surface area contributed by atoms with Gasteiger partial charge in [-0.05, 0) is 24.9 Å². The number of rotatable bonds is 4. The topological polar surface area (TPSA) is 48.4 Å². The molecule has 2 N–H and O–H groups in total. The zero-order valence-electron chi connectivity index (χ0n) is 11.3. The molecule has 1 fully saturated rings. The van der Waals surface area contributed by atoms with E-state index >= 15 is 0 Å². The Hall–Kier alpha value is -1.13. The SMILES string of the molecule is CCNCc1cccnc1N1CCC(O)C(C)C1. The number of nitrogens with zero attached hydrogens (tertiary/aromatic N) is 2. The molecule has 0 aliphatic carbocycles. The highest BCUT2D eigenvalue weighted by Crippen LogP contribution is 2.24. The molecule has 2 heterocycles. The summed E-state index contributed by atoms with van der Waals surface area (Å²) in [7, 11) is 0. The van der Waals surface area contributed by atoms with Gasteiger partial charge in [-0.3, -0.25) is 0 Å². The van der Waals surface area contributed by atoms with Crippen LogP contribution in [0.2, 0.25) is 0 Å². The van der Waals surface area contributed by atoms with Gasteiger partial charge in [0.15, 0.2) is 0 Å². The van der Waals surface area contributed by atoms with Crippen molar-refractivity contribution in [3.63, 3.8) is 0 Å². The average Bonchev–Trinajstić information content (AvgIpc) is 2.40. The molecule has 0 spiro atoms. The predicted molar refractivity (Wildman–Crippen MR) is 73.6 cm³/mol. The van der Waals surface area contributed by atoms with E-state index in [-0.39, 0.29) is 6.10 Å². The van der Waals surface area contributed by atoms with Crippen LogP contribution in [-0.2, 0) is 6.54 Å². The van der Waals surface area contributed by atoms with Crippen LogP contribution in [0.1, 0.15) is 25.8 Å². The van der Waals surface area contributed by atoms with Crippen molar-refractivity contribution in [3.05, 3.63) is 23.9 Å². The van der Waals surface area contributed by atoms with Crippen LogP contribution >= 0.6 is 0 Å². The number of aromatic nitrogens is 1. The first kappa shape index (κ1) is 13.3. The fourth-order valence-electron chi connectivity index (χ4n) is 2.44. The van der Waals surface area contributed by atoms with Gasteiger partial charge in [-0.15, -0.1) is 0 Å². The molecule has 1 aliphatic heterocycles. The zero-order valence-corrected chi connectivity index (χ0v) is 11.3. The van der Waals surface area contributed by atoms with Gasteiger partial charge in [-0.25, -0.2) is 4.98 Å². The number of aliphatic hydroxyl groups excluding tert-OH is 1. The Labute approximate surface area is 109 Å². The highest BCUT2D eigenvalue weighted by Gasteiger charge is 2.25. The number of aliphatic hydroxyl groups is 1. The second kappa shape index (κ2) is 6.16. The second-order valence-corrected chi connectivity index (χ2v) is 5.05. The first-order valence-electron chi connectivity index (χ1n) is 6.80. The largest absolute Gasteiger partial charge is 0.393 e. The van der Waals surface area contributed by atoms with Crippen LogP contribution in [0.5, 0.6) is 0 Å². The van der Waals surface area contributed by atoms with Crippen molar-refractivity contribution >= 4 is 5.82 Å². The number of hydrogen-bond acceptors (Lipinski definition) is 4. The molecule has 4 heteroatoms. The summed E-state index contributed by atoms with van der Waals surface area (Å²) >= 11 is 0. The van der Waals surface area contributed by atoms with Gasteiger partial charge in [-0.2, -0.15) is 0 Å². The standard InChI is InChI=1S/C14H23N3O/c1-3-15-9-12-5-4-7-16-14(12)17-8-6-13(18)11(2)10-17/h4-5,7,11,13,15,18H,3,6,8-10H2,1-2H3. The van der Waals surface area contributed by atoms with Crippen LogP contribution in [0.15, 0.2) is 18.3 Å². The fraction of sp³-hybridized carbons (Fsp3) is 0.643. The van der Waals surface area contributed by atoms with E-state index in [1.54, 1.807) is 0 Å². The quantitative estimate of drug-likeness (QED) is 0.847. The number of hydrogen-bond donors (Lipinski definition) is 2. The van der Waals surface area contributed by atoms with Crippen LogP contribution < -0.4 is 10.2 Å². The van der Waals surface area contributed by atoms with Crippen LogP contribution in [-0.4, -0.2) is 35.8 Å². The van der Waals surface area contributed by atoms with Gasteiger partial charge in [0, 0.05) is 31.4 Å². The van der Waals surface area contributed by atoms with E-state index in [9.17, 15) is 5.11 Å². The van der Waals surface area contributed by atoms with E-state index in [1.165, 1.54) is 5.56 Å². The van der Waals surface area contributed by atoms with Gasteiger partial charge in [-0.1, -0.05) is 19.9 Å². The normalized spacial score (nSPS) is 24.3. The van der Waals surface area contributed by atoms with Crippen molar-refractivity contribution in [3.8, 4) is 0 Å². The third-order valence-corrected chi connectivity index (χ3v) is 3.59. The van der Waals surface area contributed by atoms with E-state index in [1.807, 2.05) is 12.3 Å². The summed E-state index contributed by atoms with van der Waals surface area (Å²) in [4.78, 5) is 6.81. The molecule has 18 heavy (non-hydrogen) atoms. The van der Waals surface area contributed by atoms with Gasteiger partial charge < -0.3 is 15.3 Å². The fourth-order valence-corrected chi connectivity index (χ4v) is 2.44. The summed E-state index contributed by atoms with van der Waals surface area (Å²) in [6.07, 6.45) is 2.51. The molecule has 1 aliphatic rings. The third kappa shape index (κ3) is 3.00. The molecule has 1 aromatic rings. The molecule has 100 valence electrons. The van der Waals surface area contributed by atoms with Crippen molar-refractivity contribution in [2.45, 2.75) is 32.9 Å². The molecule has 0 radical (unpaired) electrons. The van der Waals surface area contributed by atoms with Gasteiger partial charge in [0.05, 0.1) is 6.10 Å². The number of piperidine rings is 1. The minimum atomic E-state index is -0.165. The smallest absolute Gasteiger partial charge is 0.133 e. The molecule has 1 saturated heterocycles. The predicted octanol–water partition coefficient (Wildman–Crippen LogP) is 1.40. The zero-order chi connectivity index (χ0) is 13.0. The van der Waals surface area contributed by atoms with Crippen molar-refractivity contribution in [1.29, 1.82) is 0 Å². The number of nitrogens with one attached hydrogen (secondary N) is 1. The lowest BCUT2D eigenvalue weighted by molar-refractivity contribution is 0.0968. The second-order valence-electron chi connectivity index (χ2n) is 5.05. The molecule has 2 rings (SSSR count). The minimum absolute atomic E-state index is 0.165. The summed E-state index contributed by atoms with van der Waals surface area (Å²) in [5.74, 6) is 1.38. The third-order valence-electron chi connectivity index (χ3n) is 3.59. The van der Waals surface area contributed by atoms with Crippen molar-refractivity contribution in [2.24, 2.45) is 5.92 Å². The Morgan fingerprint density at radius 2 is 2.39 bits per heavy atom. The molecule has 2 atom stereocenters. The summed E-state index contributed by atoms with van der Waals surface area (Å²) in [5.41, 5.74) is 1.24. The van der Waals surface area contributed by atoms with Crippen molar-refractivity contribution in [1.82, 2.24) is 10.3 Å². The van der Waals surface area contributed by atoms with Gasteiger partial charge in [0.25, 0.3) is 0 Å². The van der Waals surface area contributed by atoms with Crippen molar-refractivity contribution in [2.75, 3.05) is 24.5 Å². The monoisotopic (exact) mass is 249 g/mol. The first-order valence-corrected chi connectivity index (χ1v) is 6.80. The van der Waals surface area contributed by atoms with Gasteiger partial charge >= 0.3 is 0 Å². The molecular formula is C14H23N3O. The Bertz CT molecular complexity index is 383. The van der Waals surface area contributed by atoms with E-state index in [2.05, 4.69) is 35.1 Å². The summed E-state index contributed by atoms with van der Waals surface area (Å²) in [5, 5.41) is 13.1. The highest BCUT2D eigenvalue weighted by molar-refractivity contribution is 5.47. The van der Waals surface area contributed by atoms with Crippen LogP contribution in [0.25, 0.3) is 0 Å². The Morgan fingerprint density at radius 3 is 3.11 bits per heavy atom. The van der Waals surface area contributed by atoms with Crippen LogP contribution in [0.4, 0.5) is 5.82 Å². The van der Waals surface area contributed by atoms with E-state index in [0.29, 0.717) is 5.92 Å². The molecule has 0 bridgehead atoms. The lowest BCUT2D eigenvalue weighted by Gasteiger charge is -2.36. The molecule has 4 nitrogen and oxygen atoms in total. The van der Waals surface area contributed by atoms with Crippen LogP contribution in [0.3, 0.4) is 0 Å². The summed E-state index contributed by atoms with van der Waals surface area (Å²) in [6, 6.07) is 4.11. The molecule has 0 amide bonds. The number of pyridine rings is 1. The van der Waals surface area contributed by atoms with Crippen molar-refractivity contribution < 1.29 is 5.11 Å². The average molecular weight is 249 g/mol. The maximum absolute atomic E-state index is 9.79.